The lowest BCUT2D eigenvalue weighted by atomic mass is 10.0. The highest BCUT2D eigenvalue weighted by Crippen LogP contribution is 2.20. The lowest BCUT2D eigenvalue weighted by molar-refractivity contribution is -0.117. The van der Waals surface area contributed by atoms with Crippen LogP contribution in [0.3, 0.4) is 0 Å². The Morgan fingerprint density at radius 1 is 1.14 bits per heavy atom. The fourth-order valence-electron chi connectivity index (χ4n) is 2.76. The van der Waals surface area contributed by atoms with E-state index in [-0.39, 0.29) is 12.5 Å². The summed E-state index contributed by atoms with van der Waals surface area (Å²) in [4.78, 5) is 25.3. The number of carbonyl (C=O) groups is 2. The quantitative estimate of drug-likeness (QED) is 0.646. The Morgan fingerprint density at radius 3 is 2.52 bits per heavy atom. The third kappa shape index (κ3) is 4.84. The maximum absolute atomic E-state index is 12.4. The number of benzene rings is 2. The van der Waals surface area contributed by atoms with Gasteiger partial charge >= 0.3 is 5.97 Å². The maximum atomic E-state index is 12.4. The number of nitrogens with zero attached hydrogens (tertiary/aromatic N) is 4. The largest absolute Gasteiger partial charge is 0.465 e. The lowest BCUT2D eigenvalue weighted by Gasteiger charge is -2.09. The van der Waals surface area contributed by atoms with Gasteiger partial charge in [0.1, 0.15) is 6.54 Å². The Kier molecular flexibility index (Phi) is 6.01. The zero-order chi connectivity index (χ0) is 21.0. The summed E-state index contributed by atoms with van der Waals surface area (Å²) >= 11 is 0. The van der Waals surface area contributed by atoms with Gasteiger partial charge in [-0.15, -0.1) is 10.2 Å². The predicted octanol–water partition coefficient (Wildman–Crippen LogP) is 3.20. The van der Waals surface area contributed by atoms with Crippen LogP contribution in [0.15, 0.2) is 42.5 Å². The molecule has 1 N–H and O–H groups in total. The van der Waals surface area contributed by atoms with Crippen LogP contribution < -0.4 is 5.32 Å². The minimum absolute atomic E-state index is 0.0982. The number of aryl methyl sites for hydroxylation is 1. The van der Waals surface area contributed by atoms with Crippen molar-refractivity contribution in [1.29, 1.82) is 0 Å². The molecule has 3 aromatic rings. The molecule has 8 heteroatoms. The fourth-order valence-corrected chi connectivity index (χ4v) is 2.76. The second-order valence-corrected chi connectivity index (χ2v) is 6.99. The van der Waals surface area contributed by atoms with Crippen molar-refractivity contribution < 1.29 is 14.3 Å². The van der Waals surface area contributed by atoms with E-state index in [0.29, 0.717) is 23.0 Å². The van der Waals surface area contributed by atoms with Crippen molar-refractivity contribution in [3.63, 3.8) is 0 Å². The highest BCUT2D eigenvalue weighted by molar-refractivity contribution is 5.95. The smallest absolute Gasteiger partial charge is 0.337 e. The minimum Gasteiger partial charge on any atom is -0.465 e. The summed E-state index contributed by atoms with van der Waals surface area (Å²) in [6.07, 6.45) is 0. The van der Waals surface area contributed by atoms with Crippen LogP contribution in [-0.2, 0) is 16.1 Å². The summed E-state index contributed by atoms with van der Waals surface area (Å²) in [6, 6.07) is 12.9. The Bertz CT molecular complexity index is 1030. The molecule has 0 saturated heterocycles. The molecule has 0 radical (unpaired) electrons. The van der Waals surface area contributed by atoms with Crippen molar-refractivity contribution in [3.05, 3.63) is 59.2 Å². The molecule has 3 rings (SSSR count). The van der Waals surface area contributed by atoms with Crippen LogP contribution in [0.2, 0.25) is 0 Å². The normalized spacial score (nSPS) is 10.8. The van der Waals surface area contributed by atoms with E-state index in [1.54, 1.807) is 18.2 Å². The Hall–Kier alpha value is -3.55. The van der Waals surface area contributed by atoms with E-state index in [4.69, 9.17) is 4.74 Å². The van der Waals surface area contributed by atoms with Crippen molar-refractivity contribution in [2.75, 3.05) is 12.4 Å². The molecule has 0 aliphatic heterocycles. The van der Waals surface area contributed by atoms with Gasteiger partial charge < -0.3 is 10.1 Å². The van der Waals surface area contributed by atoms with Crippen LogP contribution >= 0.6 is 0 Å². The lowest BCUT2D eigenvalue weighted by Crippen LogP contribution is -2.21. The number of carbonyl (C=O) groups excluding carboxylic acids is 2. The molecule has 150 valence electrons. The first kappa shape index (κ1) is 20.2. The highest BCUT2D eigenvalue weighted by Gasteiger charge is 2.13. The Morgan fingerprint density at radius 2 is 1.86 bits per heavy atom. The van der Waals surface area contributed by atoms with Crippen molar-refractivity contribution in [2.24, 2.45) is 0 Å². The van der Waals surface area contributed by atoms with Gasteiger partial charge in [-0.1, -0.05) is 44.2 Å². The number of amides is 1. The number of rotatable bonds is 6. The van der Waals surface area contributed by atoms with E-state index in [1.165, 1.54) is 17.5 Å². The molecule has 29 heavy (non-hydrogen) atoms. The second kappa shape index (κ2) is 8.64. The van der Waals surface area contributed by atoms with Gasteiger partial charge in [-0.2, -0.15) is 4.80 Å². The number of esters is 1. The molecule has 1 amide bonds. The summed E-state index contributed by atoms with van der Waals surface area (Å²) in [6.45, 7) is 6.00. The van der Waals surface area contributed by atoms with Gasteiger partial charge in [-0.05, 0) is 41.3 Å². The average molecular weight is 393 g/mol. The first-order valence-electron chi connectivity index (χ1n) is 9.24. The molecule has 1 aromatic heterocycles. The van der Waals surface area contributed by atoms with Crippen molar-refractivity contribution in [3.8, 4) is 11.4 Å². The molecule has 0 bridgehead atoms. The molecule has 0 saturated carbocycles. The first-order chi connectivity index (χ1) is 13.9. The third-order valence-electron chi connectivity index (χ3n) is 4.51. The summed E-state index contributed by atoms with van der Waals surface area (Å²) in [5.41, 5.74) is 3.78. The molecule has 0 unspecified atom stereocenters. The second-order valence-electron chi connectivity index (χ2n) is 6.99. The monoisotopic (exact) mass is 393 g/mol. The number of hydrogen-bond donors (Lipinski definition) is 1. The summed E-state index contributed by atoms with van der Waals surface area (Å²) in [7, 11) is 1.31. The van der Waals surface area contributed by atoms with E-state index >= 15 is 0 Å². The molecule has 1 heterocycles. The van der Waals surface area contributed by atoms with E-state index in [9.17, 15) is 9.59 Å². The zero-order valence-corrected chi connectivity index (χ0v) is 16.8. The SMILES string of the molecule is COC(=O)c1ccc(C)c(NC(=O)Cn2nnc(-c3ccc(C(C)C)cc3)n2)c1. The standard InChI is InChI=1S/C21H23N5O3/c1-13(2)15-7-9-16(10-8-15)20-23-25-26(24-20)12-19(27)22-18-11-17(21(28)29-4)6-5-14(18)3/h5-11,13H,12H2,1-4H3,(H,22,27). The maximum Gasteiger partial charge on any atom is 0.337 e. The number of hydrogen-bond acceptors (Lipinski definition) is 6. The van der Waals surface area contributed by atoms with E-state index in [0.717, 1.165) is 11.1 Å². The van der Waals surface area contributed by atoms with Gasteiger partial charge in [-0.25, -0.2) is 4.79 Å². The van der Waals surface area contributed by atoms with Crippen LogP contribution in [0.4, 0.5) is 5.69 Å². The van der Waals surface area contributed by atoms with Gasteiger partial charge in [0, 0.05) is 11.3 Å². The van der Waals surface area contributed by atoms with Gasteiger partial charge in [0.15, 0.2) is 0 Å². The molecule has 0 atom stereocenters. The van der Waals surface area contributed by atoms with Crippen LogP contribution in [0, 0.1) is 6.92 Å². The molecule has 0 aliphatic carbocycles. The summed E-state index contributed by atoms with van der Waals surface area (Å²) < 4.78 is 4.71. The predicted molar refractivity (Wildman–Crippen MR) is 108 cm³/mol. The van der Waals surface area contributed by atoms with E-state index in [1.807, 2.05) is 31.2 Å². The molecule has 2 aromatic carbocycles. The average Bonchev–Trinajstić information content (AvgIpc) is 3.17. The van der Waals surface area contributed by atoms with E-state index in [2.05, 4.69) is 34.6 Å². The Labute approximate surface area is 168 Å². The highest BCUT2D eigenvalue weighted by atomic mass is 16.5. The van der Waals surface area contributed by atoms with Crippen molar-refractivity contribution >= 4 is 17.6 Å². The fraction of sp³-hybridized carbons (Fsp3) is 0.286. The van der Waals surface area contributed by atoms with Crippen molar-refractivity contribution in [1.82, 2.24) is 20.2 Å². The molecule has 8 nitrogen and oxygen atoms in total. The summed E-state index contributed by atoms with van der Waals surface area (Å²) in [5.74, 6) is 0.107. The number of aromatic nitrogens is 4. The molecular formula is C21H23N5O3. The minimum atomic E-state index is -0.466. The molecular weight excluding hydrogens is 370 g/mol. The van der Waals surface area contributed by atoms with Crippen LogP contribution in [0.25, 0.3) is 11.4 Å². The number of methoxy groups -OCH3 is 1. The number of tetrazole rings is 1. The Balaban J connectivity index is 1.68. The van der Waals surface area contributed by atoms with Crippen LogP contribution in [-0.4, -0.2) is 39.2 Å². The molecule has 0 spiro atoms. The van der Waals surface area contributed by atoms with Gasteiger partial charge in [-0.3, -0.25) is 4.79 Å². The number of ether oxygens (including phenoxy) is 1. The number of nitrogens with one attached hydrogen (secondary N) is 1. The summed E-state index contributed by atoms with van der Waals surface area (Å²) in [5, 5.41) is 15.0. The van der Waals surface area contributed by atoms with Gasteiger partial charge in [0.25, 0.3) is 0 Å². The molecule has 0 aliphatic rings. The van der Waals surface area contributed by atoms with Gasteiger partial charge in [0.05, 0.1) is 12.7 Å². The van der Waals surface area contributed by atoms with Crippen molar-refractivity contribution in [2.45, 2.75) is 33.2 Å². The number of anilines is 1. The third-order valence-corrected chi connectivity index (χ3v) is 4.51. The van der Waals surface area contributed by atoms with Crippen LogP contribution in [0.5, 0.6) is 0 Å². The van der Waals surface area contributed by atoms with Gasteiger partial charge in [0.2, 0.25) is 11.7 Å². The van der Waals surface area contributed by atoms with Crippen LogP contribution in [0.1, 0.15) is 41.3 Å². The topological polar surface area (TPSA) is 99.0 Å². The molecule has 0 fully saturated rings. The first-order valence-corrected chi connectivity index (χ1v) is 9.24. The van der Waals surface area contributed by atoms with E-state index < -0.39 is 5.97 Å². The zero-order valence-electron chi connectivity index (χ0n) is 16.8.